The van der Waals surface area contributed by atoms with Crippen LogP contribution in [0, 0.1) is 0 Å². The third kappa shape index (κ3) is 4.91. The van der Waals surface area contributed by atoms with Crippen molar-refractivity contribution in [1.82, 2.24) is 5.32 Å². The lowest BCUT2D eigenvalue weighted by molar-refractivity contribution is -0.139. The predicted molar refractivity (Wildman–Crippen MR) is 84.7 cm³/mol. The van der Waals surface area contributed by atoms with E-state index in [1.54, 1.807) is 24.3 Å². The summed E-state index contributed by atoms with van der Waals surface area (Å²) in [6.07, 6.45) is -0.918. The highest BCUT2D eigenvalue weighted by Crippen LogP contribution is 2.25. The van der Waals surface area contributed by atoms with Gasteiger partial charge in [0.25, 0.3) is 0 Å². The summed E-state index contributed by atoms with van der Waals surface area (Å²) in [7, 11) is 0. The molecule has 0 saturated heterocycles. The third-order valence-corrected chi connectivity index (χ3v) is 3.28. The van der Waals surface area contributed by atoms with Crippen molar-refractivity contribution in [2.45, 2.75) is 19.1 Å². The number of benzene rings is 2. The minimum atomic E-state index is -1.24. The maximum absolute atomic E-state index is 11.8. The second kappa shape index (κ2) is 7.87. The topological polar surface area (TPSA) is 116 Å². The van der Waals surface area contributed by atoms with Crippen molar-refractivity contribution in [2.75, 3.05) is 0 Å². The van der Waals surface area contributed by atoms with Gasteiger partial charge < -0.3 is 25.4 Å². The minimum absolute atomic E-state index is 0.0268. The molecule has 0 radical (unpaired) electrons. The number of aromatic hydroxyl groups is 2. The van der Waals surface area contributed by atoms with Gasteiger partial charge in [-0.15, -0.1) is 0 Å². The Labute approximate surface area is 138 Å². The fourth-order valence-electron chi connectivity index (χ4n) is 2.04. The number of ether oxygens (including phenoxy) is 1. The maximum Gasteiger partial charge on any atom is 0.408 e. The number of carboxylic acids is 1. The molecule has 2 aromatic carbocycles. The van der Waals surface area contributed by atoms with E-state index < -0.39 is 18.1 Å². The number of aliphatic carboxylic acids is 1. The number of hydrogen-bond acceptors (Lipinski definition) is 5. The molecule has 0 spiro atoms. The van der Waals surface area contributed by atoms with Crippen molar-refractivity contribution in [1.29, 1.82) is 0 Å². The molecule has 0 heterocycles. The second-order valence-electron chi connectivity index (χ2n) is 5.12. The summed E-state index contributed by atoms with van der Waals surface area (Å²) < 4.78 is 4.99. The number of carbonyl (C=O) groups is 2. The van der Waals surface area contributed by atoms with Crippen LogP contribution in [0.25, 0.3) is 0 Å². The lowest BCUT2D eigenvalue weighted by Crippen LogP contribution is -2.42. The first-order valence-electron chi connectivity index (χ1n) is 7.16. The summed E-state index contributed by atoms with van der Waals surface area (Å²) >= 11 is 0. The zero-order chi connectivity index (χ0) is 17.5. The summed E-state index contributed by atoms with van der Waals surface area (Å²) in [5, 5.41) is 30.2. The van der Waals surface area contributed by atoms with Gasteiger partial charge in [-0.25, -0.2) is 9.59 Å². The third-order valence-electron chi connectivity index (χ3n) is 3.28. The maximum atomic E-state index is 11.8. The highest BCUT2D eigenvalue weighted by molar-refractivity contribution is 5.80. The average Bonchev–Trinajstić information content (AvgIpc) is 2.56. The quantitative estimate of drug-likeness (QED) is 0.602. The molecule has 1 atom stereocenters. The average molecular weight is 331 g/mol. The van der Waals surface area contributed by atoms with Gasteiger partial charge in [0, 0.05) is 6.42 Å². The Morgan fingerprint density at radius 1 is 1.00 bits per heavy atom. The Bertz CT molecular complexity index is 716. The second-order valence-corrected chi connectivity index (χ2v) is 5.12. The molecule has 0 aliphatic rings. The number of nitrogens with one attached hydrogen (secondary N) is 1. The molecule has 126 valence electrons. The molecule has 1 amide bonds. The molecule has 2 rings (SSSR count). The monoisotopic (exact) mass is 331 g/mol. The fourth-order valence-corrected chi connectivity index (χ4v) is 2.04. The van der Waals surface area contributed by atoms with E-state index in [0.29, 0.717) is 5.56 Å². The van der Waals surface area contributed by atoms with Crippen molar-refractivity contribution >= 4 is 12.1 Å². The molecule has 4 N–H and O–H groups in total. The predicted octanol–water partition coefficient (Wildman–Crippen LogP) is 2.02. The molecule has 7 nitrogen and oxygen atoms in total. The van der Waals surface area contributed by atoms with Gasteiger partial charge in [0.15, 0.2) is 11.5 Å². The van der Waals surface area contributed by atoms with Gasteiger partial charge in [-0.1, -0.05) is 36.4 Å². The highest BCUT2D eigenvalue weighted by Gasteiger charge is 2.21. The Morgan fingerprint density at radius 2 is 1.71 bits per heavy atom. The number of phenols is 2. The van der Waals surface area contributed by atoms with Gasteiger partial charge >= 0.3 is 12.1 Å². The van der Waals surface area contributed by atoms with E-state index in [4.69, 9.17) is 4.74 Å². The van der Waals surface area contributed by atoms with Crippen LogP contribution >= 0.6 is 0 Å². The van der Waals surface area contributed by atoms with Gasteiger partial charge in [-0.2, -0.15) is 0 Å². The SMILES string of the molecule is O=C(NC(Cc1ccc(O)c(O)c1)C(=O)O)OCc1ccccc1. The normalized spacial score (nSPS) is 11.5. The Morgan fingerprint density at radius 3 is 2.33 bits per heavy atom. The fraction of sp³-hybridized carbons (Fsp3) is 0.176. The molecule has 0 aliphatic carbocycles. The van der Waals surface area contributed by atoms with E-state index in [1.807, 2.05) is 6.07 Å². The molecule has 24 heavy (non-hydrogen) atoms. The van der Waals surface area contributed by atoms with Crippen LogP contribution in [0.15, 0.2) is 48.5 Å². The molecule has 0 aliphatic heterocycles. The molecular formula is C17H17NO6. The van der Waals surface area contributed by atoms with Crippen LogP contribution in [0.2, 0.25) is 0 Å². The van der Waals surface area contributed by atoms with E-state index in [-0.39, 0.29) is 24.5 Å². The van der Waals surface area contributed by atoms with Crippen molar-refractivity contribution in [3.05, 3.63) is 59.7 Å². The van der Waals surface area contributed by atoms with Crippen LogP contribution in [0.1, 0.15) is 11.1 Å². The smallest absolute Gasteiger partial charge is 0.408 e. The van der Waals surface area contributed by atoms with Crippen molar-refractivity contribution in [3.63, 3.8) is 0 Å². The lowest BCUT2D eigenvalue weighted by Gasteiger charge is -2.15. The van der Waals surface area contributed by atoms with Crippen LogP contribution in [0.5, 0.6) is 11.5 Å². The number of alkyl carbamates (subject to hydrolysis) is 1. The molecule has 0 saturated carbocycles. The number of phenolic OH excluding ortho intramolecular Hbond substituents is 2. The summed E-state index contributed by atoms with van der Waals surface area (Å²) in [5.74, 6) is -1.90. The van der Waals surface area contributed by atoms with Crippen LogP contribution in [0.4, 0.5) is 4.79 Å². The van der Waals surface area contributed by atoms with E-state index in [0.717, 1.165) is 5.56 Å². The first-order chi connectivity index (χ1) is 11.5. The Kier molecular flexibility index (Phi) is 5.62. The van der Waals surface area contributed by atoms with Crippen LogP contribution in [0.3, 0.4) is 0 Å². The van der Waals surface area contributed by atoms with Crippen molar-refractivity contribution in [2.24, 2.45) is 0 Å². The number of carbonyl (C=O) groups excluding carboxylic acids is 1. The molecule has 0 fully saturated rings. The van der Waals surface area contributed by atoms with Crippen LogP contribution in [-0.2, 0) is 22.6 Å². The minimum Gasteiger partial charge on any atom is -0.504 e. The number of hydrogen-bond donors (Lipinski definition) is 4. The Balaban J connectivity index is 1.93. The summed E-state index contributed by atoms with van der Waals surface area (Å²) in [6, 6.07) is 11.7. The van der Waals surface area contributed by atoms with Crippen molar-refractivity contribution in [3.8, 4) is 11.5 Å². The highest BCUT2D eigenvalue weighted by atomic mass is 16.5. The van der Waals surface area contributed by atoms with Crippen LogP contribution < -0.4 is 5.32 Å². The summed E-state index contributed by atoms with van der Waals surface area (Å²) in [4.78, 5) is 23.0. The molecule has 2 aromatic rings. The van der Waals surface area contributed by atoms with E-state index >= 15 is 0 Å². The van der Waals surface area contributed by atoms with Crippen molar-refractivity contribution < 1.29 is 29.6 Å². The molecule has 0 aromatic heterocycles. The molecule has 0 bridgehead atoms. The van der Waals surface area contributed by atoms with Gasteiger partial charge in [-0.3, -0.25) is 0 Å². The molecular weight excluding hydrogens is 314 g/mol. The first kappa shape index (κ1) is 17.1. The standard InChI is InChI=1S/C17H17NO6/c19-14-7-6-12(9-15(14)20)8-13(16(21)22)18-17(23)24-10-11-4-2-1-3-5-11/h1-7,9,13,19-20H,8,10H2,(H,18,23)(H,21,22). The number of rotatable bonds is 6. The van der Waals surface area contributed by atoms with Gasteiger partial charge in [0.1, 0.15) is 12.6 Å². The molecule has 1 unspecified atom stereocenters. The zero-order valence-electron chi connectivity index (χ0n) is 12.7. The number of carboxylic acid groups (broad SMARTS) is 1. The van der Waals surface area contributed by atoms with Gasteiger partial charge in [0.05, 0.1) is 0 Å². The zero-order valence-corrected chi connectivity index (χ0v) is 12.7. The number of amides is 1. The largest absolute Gasteiger partial charge is 0.504 e. The van der Waals surface area contributed by atoms with Gasteiger partial charge in [-0.05, 0) is 23.3 Å². The van der Waals surface area contributed by atoms with Crippen LogP contribution in [-0.4, -0.2) is 33.4 Å². The first-order valence-corrected chi connectivity index (χ1v) is 7.16. The molecule has 7 heteroatoms. The Hall–Kier alpha value is -3.22. The lowest BCUT2D eigenvalue weighted by atomic mass is 10.1. The summed E-state index contributed by atoms with van der Waals surface area (Å²) in [6.45, 7) is 0.0268. The van der Waals surface area contributed by atoms with E-state index in [1.165, 1.54) is 18.2 Å². The summed E-state index contributed by atoms with van der Waals surface area (Å²) in [5.41, 5.74) is 1.23. The van der Waals surface area contributed by atoms with E-state index in [2.05, 4.69) is 5.32 Å². The van der Waals surface area contributed by atoms with E-state index in [9.17, 15) is 24.9 Å². The van der Waals surface area contributed by atoms with Gasteiger partial charge in [0.2, 0.25) is 0 Å².